The van der Waals surface area contributed by atoms with Crippen molar-refractivity contribution < 1.29 is 9.36 Å². The maximum atomic E-state index is 9.91. The Hall–Kier alpha value is -1.13. The molecule has 4 nitrogen and oxygen atoms in total. The van der Waals surface area contributed by atoms with E-state index in [-0.39, 0.29) is 0 Å². The summed E-state index contributed by atoms with van der Waals surface area (Å²) in [6.45, 7) is 3.56. The number of nitrogens with zero attached hydrogens (tertiary/aromatic N) is 1. The Labute approximate surface area is 58.9 Å². The van der Waals surface area contributed by atoms with Gasteiger partial charge in [0, 0.05) is 0 Å². The summed E-state index contributed by atoms with van der Waals surface area (Å²) in [4.78, 5) is 0. The van der Waals surface area contributed by atoms with Gasteiger partial charge in [-0.3, -0.25) is 0 Å². The first-order valence-electron chi connectivity index (χ1n) is 2.87. The molecule has 10 heavy (non-hydrogen) atoms. The van der Waals surface area contributed by atoms with Gasteiger partial charge in [0.2, 0.25) is 0 Å². The maximum absolute atomic E-state index is 9.91. The topological polar surface area (TPSA) is 55.0 Å². The first kappa shape index (κ1) is 6.99. The Balaban J connectivity index is 2.97. The van der Waals surface area contributed by atoms with E-state index in [4.69, 9.17) is 0 Å². The predicted molar refractivity (Wildman–Crippen MR) is 35.1 cm³/mol. The van der Waals surface area contributed by atoms with E-state index >= 15 is 0 Å². The van der Waals surface area contributed by atoms with E-state index in [1.54, 1.807) is 13.8 Å². The van der Waals surface area contributed by atoms with E-state index in [9.17, 15) is 4.70 Å². The van der Waals surface area contributed by atoms with Crippen molar-refractivity contribution >= 4 is 7.35 Å². The monoisotopic (exact) mass is 138 g/mol. The number of hydrogen-bond acceptors (Lipinski definition) is 3. The van der Waals surface area contributed by atoms with Crippen LogP contribution in [0, 0.1) is 13.8 Å². The van der Waals surface area contributed by atoms with Gasteiger partial charge in [-0.25, -0.2) is 0 Å². The Morgan fingerprint density at radius 3 is 2.70 bits per heavy atom. The van der Waals surface area contributed by atoms with E-state index in [0.717, 1.165) is 5.69 Å². The molecule has 1 aromatic heterocycles. The average Bonchev–Trinajstić information content (AvgIpc) is 2.20. The molecule has 0 amide bonds. The number of H-pyrrole nitrogens is 1. The zero-order chi connectivity index (χ0) is 7.56. The van der Waals surface area contributed by atoms with Gasteiger partial charge in [-0.15, -0.1) is 0 Å². The number of aromatic nitrogens is 2. The molecule has 0 radical (unpaired) electrons. The summed E-state index contributed by atoms with van der Waals surface area (Å²) in [6, 6.07) is 0. The van der Waals surface area contributed by atoms with Gasteiger partial charge in [0.1, 0.15) is 0 Å². The van der Waals surface area contributed by atoms with Gasteiger partial charge in [0.25, 0.3) is 0 Å². The summed E-state index contributed by atoms with van der Waals surface area (Å²) < 4.78 is 14.5. The van der Waals surface area contributed by atoms with Crippen molar-refractivity contribution in [3.05, 3.63) is 11.4 Å². The van der Waals surface area contributed by atoms with Crippen molar-refractivity contribution in [2.45, 2.75) is 13.8 Å². The second-order valence-corrected chi connectivity index (χ2v) is 1.98. The van der Waals surface area contributed by atoms with E-state index in [0.29, 0.717) is 18.8 Å². The van der Waals surface area contributed by atoms with Gasteiger partial charge < -0.3 is 0 Å². The Kier molecular flexibility index (Phi) is 1.84. The predicted octanol–water partition coefficient (Wildman–Crippen LogP) is 0.370. The van der Waals surface area contributed by atoms with Crippen molar-refractivity contribution in [3.8, 4) is 5.75 Å². The second kappa shape index (κ2) is 2.64. The molecule has 0 saturated heterocycles. The van der Waals surface area contributed by atoms with Crippen LogP contribution in [0.2, 0.25) is 0 Å². The molecule has 0 aliphatic rings. The average molecular weight is 138 g/mol. The van der Waals surface area contributed by atoms with Crippen molar-refractivity contribution in [3.63, 3.8) is 0 Å². The Morgan fingerprint density at radius 2 is 2.30 bits per heavy atom. The zero-order valence-electron chi connectivity index (χ0n) is 5.84. The molecule has 0 saturated carbocycles. The van der Waals surface area contributed by atoms with Crippen molar-refractivity contribution in [2.24, 2.45) is 0 Å². The van der Waals surface area contributed by atoms with Crippen LogP contribution in [0.15, 0.2) is 0 Å². The quantitative estimate of drug-likeness (QED) is 0.600. The van der Waals surface area contributed by atoms with Crippen LogP contribution in [0.3, 0.4) is 0 Å². The van der Waals surface area contributed by atoms with E-state index in [1.165, 1.54) is 0 Å². The molecule has 0 spiro atoms. The Bertz CT molecular complexity index is 226. The van der Waals surface area contributed by atoms with Crippen LogP contribution in [0.25, 0.3) is 0 Å². The first-order valence-corrected chi connectivity index (χ1v) is 2.87. The normalized spacial score (nSPS) is 9.00. The van der Waals surface area contributed by atoms with Crippen LogP contribution < -0.4 is 4.65 Å². The number of rotatable bonds is 2. The fourth-order valence-corrected chi connectivity index (χ4v) is 0.762. The summed E-state index contributed by atoms with van der Waals surface area (Å²) >= 11 is 0. The number of aromatic amines is 1. The second-order valence-electron chi connectivity index (χ2n) is 1.98. The molecule has 5 heteroatoms. The molecule has 52 valence electrons. The number of nitrogens with one attached hydrogen (secondary N) is 1. The first-order chi connectivity index (χ1) is 4.75. The van der Waals surface area contributed by atoms with Gasteiger partial charge in [-0.1, -0.05) is 0 Å². The molecular weight excluding hydrogens is 131 g/mol. The number of aryl methyl sites for hydroxylation is 2. The van der Waals surface area contributed by atoms with E-state index in [2.05, 4.69) is 14.9 Å². The molecule has 1 heterocycles. The molecule has 0 fully saturated rings. The van der Waals surface area contributed by atoms with Gasteiger partial charge in [-0.05, 0) is 0 Å². The van der Waals surface area contributed by atoms with E-state index < -0.39 is 0 Å². The van der Waals surface area contributed by atoms with Crippen molar-refractivity contribution in [1.29, 1.82) is 0 Å². The van der Waals surface area contributed by atoms with Crippen LogP contribution in [0.5, 0.6) is 5.75 Å². The molecule has 1 aromatic rings. The molecule has 0 aliphatic carbocycles. The molecule has 0 atom stereocenters. The molecule has 1 rings (SSSR count). The van der Waals surface area contributed by atoms with Gasteiger partial charge >= 0.3 is 57.9 Å². The molecule has 0 aliphatic heterocycles. The van der Waals surface area contributed by atoms with Crippen molar-refractivity contribution in [1.82, 2.24) is 10.2 Å². The van der Waals surface area contributed by atoms with Crippen LogP contribution in [0.1, 0.15) is 11.4 Å². The standard InChI is InChI=1S/C5H7BN2O2/c1-3-5(10-6-9)4(2)8-7-3/h1-2H3,(H,7,8). The zero-order valence-corrected chi connectivity index (χ0v) is 5.84. The summed E-state index contributed by atoms with van der Waals surface area (Å²) in [5.74, 6) is 0.523. The van der Waals surface area contributed by atoms with Crippen LogP contribution >= 0.6 is 0 Å². The third kappa shape index (κ3) is 1.07. The summed E-state index contributed by atoms with van der Waals surface area (Å²) in [5, 5.41) is 6.51. The SMILES string of the molecule is Cc1n[nH]c(C)c1OB=O. The number of hydrogen-bond donors (Lipinski definition) is 1. The molecule has 0 aromatic carbocycles. The third-order valence-electron chi connectivity index (χ3n) is 1.23. The fourth-order valence-electron chi connectivity index (χ4n) is 0.762. The Morgan fingerprint density at radius 1 is 1.60 bits per heavy atom. The van der Waals surface area contributed by atoms with Crippen molar-refractivity contribution in [2.75, 3.05) is 0 Å². The van der Waals surface area contributed by atoms with Crippen LogP contribution in [0.4, 0.5) is 0 Å². The summed E-state index contributed by atoms with van der Waals surface area (Å²) in [5.41, 5.74) is 1.47. The van der Waals surface area contributed by atoms with Crippen LogP contribution in [-0.2, 0) is 4.70 Å². The van der Waals surface area contributed by atoms with Gasteiger partial charge in [0.15, 0.2) is 0 Å². The van der Waals surface area contributed by atoms with Gasteiger partial charge in [-0.2, -0.15) is 0 Å². The minimum atomic E-state index is 0.394. The molecular formula is C5H7BN2O2. The third-order valence-corrected chi connectivity index (χ3v) is 1.23. The molecule has 0 bridgehead atoms. The summed E-state index contributed by atoms with van der Waals surface area (Å²) in [6.07, 6.45) is 0. The summed E-state index contributed by atoms with van der Waals surface area (Å²) in [7, 11) is 0.394. The fraction of sp³-hybridized carbons (Fsp3) is 0.400. The van der Waals surface area contributed by atoms with Gasteiger partial charge in [0.05, 0.1) is 0 Å². The molecule has 0 unspecified atom stereocenters. The van der Waals surface area contributed by atoms with E-state index in [1.807, 2.05) is 0 Å². The van der Waals surface area contributed by atoms with Crippen LogP contribution in [-0.4, -0.2) is 17.6 Å². The molecule has 1 N–H and O–H groups in total. The minimum absolute atomic E-state index is 0.394.